The van der Waals surface area contributed by atoms with Gasteiger partial charge in [-0.25, -0.2) is 0 Å². The third-order valence-electron chi connectivity index (χ3n) is 15.5. The van der Waals surface area contributed by atoms with E-state index in [1.165, 1.54) is 0 Å². The van der Waals surface area contributed by atoms with Crippen molar-refractivity contribution >= 4 is 23.0 Å². The number of hydrogen-bond donors (Lipinski definition) is 0. The van der Waals surface area contributed by atoms with Crippen molar-refractivity contribution in [2.45, 2.75) is 36.9 Å². The molecule has 1 saturated carbocycles. The van der Waals surface area contributed by atoms with Gasteiger partial charge in [0, 0.05) is 64.9 Å². The fourth-order valence-electron chi connectivity index (χ4n) is 10.8. The Morgan fingerprint density at radius 3 is 0.570 bits per heavy atom. The van der Waals surface area contributed by atoms with E-state index in [2.05, 4.69) is 156 Å². The van der Waals surface area contributed by atoms with E-state index in [4.69, 9.17) is 56.8 Å². The first-order valence-corrected chi connectivity index (χ1v) is 28.4. The highest BCUT2D eigenvalue weighted by atomic mass is 16.7. The van der Waals surface area contributed by atoms with Crippen LogP contribution >= 0.6 is 0 Å². The van der Waals surface area contributed by atoms with Crippen LogP contribution in [0.3, 0.4) is 0 Å². The minimum atomic E-state index is -0.604. The van der Waals surface area contributed by atoms with E-state index in [9.17, 15) is 0 Å². The summed E-state index contributed by atoms with van der Waals surface area (Å²) in [6.45, 7) is 0.358. The largest absolute Gasteiger partial charge is 0.459 e. The summed E-state index contributed by atoms with van der Waals surface area (Å²) in [6.07, 6.45) is 2.78. The summed E-state index contributed by atoms with van der Waals surface area (Å²) in [7, 11) is 9.63. The average Bonchev–Trinajstić information content (AvgIpc) is 3.35. The van der Waals surface area contributed by atoms with Crippen LogP contribution in [0.15, 0.2) is 217 Å². The van der Waals surface area contributed by atoms with Gasteiger partial charge < -0.3 is 56.8 Å². The van der Waals surface area contributed by atoms with Gasteiger partial charge in [0.1, 0.15) is 13.6 Å². The minimum absolute atomic E-state index is 0.00838. The molecule has 0 N–H and O–H groups in total. The maximum absolute atomic E-state index is 6.67. The Kier molecular flexibility index (Phi) is 20.6. The van der Waals surface area contributed by atoms with Gasteiger partial charge in [-0.1, -0.05) is 146 Å². The average molecular weight is 1150 g/mol. The number of ether oxygens (including phenoxy) is 12. The van der Waals surface area contributed by atoms with Crippen LogP contribution < -0.4 is 0 Å². The molecule has 0 aromatic heterocycles. The van der Waals surface area contributed by atoms with Crippen molar-refractivity contribution in [2.75, 3.05) is 83.4 Å². The summed E-state index contributed by atoms with van der Waals surface area (Å²) in [6, 6.07) is 66.8. The number of methoxy groups -OCH3 is 6. The van der Waals surface area contributed by atoms with Crippen LogP contribution in [-0.4, -0.2) is 83.4 Å². The van der Waals surface area contributed by atoms with Gasteiger partial charge in [-0.05, 0) is 164 Å². The third kappa shape index (κ3) is 14.5. The van der Waals surface area contributed by atoms with Crippen molar-refractivity contribution in [3.05, 3.63) is 250 Å². The zero-order valence-corrected chi connectivity index (χ0v) is 49.4. The predicted octanol–water partition coefficient (Wildman–Crippen LogP) is 16.0. The lowest BCUT2D eigenvalue weighted by atomic mass is 9.70. The normalized spacial score (nSPS) is 16.5. The molecule has 86 heavy (non-hydrogen) atoms. The van der Waals surface area contributed by atoms with Crippen molar-refractivity contribution < 1.29 is 56.8 Å². The highest BCUT2D eigenvalue weighted by molar-refractivity contribution is 5.76. The van der Waals surface area contributed by atoms with Crippen molar-refractivity contribution in [1.29, 1.82) is 0 Å². The number of rotatable bonds is 18. The molecule has 0 saturated heterocycles. The van der Waals surface area contributed by atoms with Crippen molar-refractivity contribution in [1.82, 2.24) is 0 Å². The zero-order valence-electron chi connectivity index (χ0n) is 49.4. The molecule has 438 valence electrons. The molecule has 18 aliphatic carbocycles. The van der Waals surface area contributed by atoms with Gasteiger partial charge in [-0.3, -0.25) is 0 Å². The van der Waals surface area contributed by atoms with Gasteiger partial charge in [0.2, 0.25) is 0 Å². The molecule has 18 bridgehead atoms. The molecular formula is C74H70O12. The van der Waals surface area contributed by atoms with E-state index in [-0.39, 0.29) is 40.8 Å². The van der Waals surface area contributed by atoms with E-state index >= 15 is 0 Å². The fourth-order valence-corrected chi connectivity index (χ4v) is 10.8. The van der Waals surface area contributed by atoms with E-state index in [1.54, 1.807) is 42.7 Å². The topological polar surface area (TPSA) is 111 Å². The second-order valence-corrected chi connectivity index (χ2v) is 20.7. The summed E-state index contributed by atoms with van der Waals surface area (Å²) in [4.78, 5) is 0. The summed E-state index contributed by atoms with van der Waals surface area (Å²) < 4.78 is 70.0. The summed E-state index contributed by atoms with van der Waals surface area (Å²) in [5.41, 5.74) is 27.5. The molecule has 1 fully saturated rings. The highest BCUT2D eigenvalue weighted by Gasteiger charge is 2.46. The molecule has 0 heterocycles. The zero-order chi connectivity index (χ0) is 59.6. The Labute approximate surface area is 504 Å². The molecule has 8 aromatic rings. The Bertz CT molecular complexity index is 3710. The lowest BCUT2D eigenvalue weighted by Gasteiger charge is -2.46. The van der Waals surface area contributed by atoms with Gasteiger partial charge in [0.25, 0.3) is 0 Å². The lowest BCUT2D eigenvalue weighted by Crippen LogP contribution is -2.43. The number of benzene rings is 8. The van der Waals surface area contributed by atoms with Crippen LogP contribution in [0.1, 0.15) is 59.1 Å². The molecule has 18 aliphatic rings. The maximum Gasteiger partial charge on any atom is 0.189 e. The van der Waals surface area contributed by atoms with Crippen LogP contribution in [0.25, 0.3) is 78.7 Å². The summed E-state index contributed by atoms with van der Waals surface area (Å²) in [5.74, 6) is 1.73. The molecule has 12 heteroatoms. The smallest absolute Gasteiger partial charge is 0.189 e. The van der Waals surface area contributed by atoms with Gasteiger partial charge in [0.05, 0.1) is 11.2 Å². The number of hydrogen-bond acceptors (Lipinski definition) is 12. The molecule has 8 aromatic carbocycles. The van der Waals surface area contributed by atoms with Crippen LogP contribution in [0.5, 0.6) is 0 Å². The minimum Gasteiger partial charge on any atom is -0.459 e. The van der Waals surface area contributed by atoms with Gasteiger partial charge in [-0.2, -0.15) is 0 Å². The molecular weight excluding hydrogens is 1080 g/mol. The van der Waals surface area contributed by atoms with E-state index in [1.807, 2.05) is 60.7 Å². The van der Waals surface area contributed by atoms with E-state index < -0.39 is 11.2 Å². The predicted molar refractivity (Wildman–Crippen MR) is 334 cm³/mol. The second kappa shape index (κ2) is 29.4. The Hall–Kier alpha value is -8.76. The molecule has 0 amide bonds. The van der Waals surface area contributed by atoms with Crippen LogP contribution in [0, 0.1) is 0 Å². The van der Waals surface area contributed by atoms with Crippen LogP contribution in [-0.2, 0) is 68.0 Å². The van der Waals surface area contributed by atoms with Crippen molar-refractivity contribution in [3.63, 3.8) is 0 Å². The highest BCUT2D eigenvalue weighted by Crippen LogP contribution is 2.50. The van der Waals surface area contributed by atoms with Crippen molar-refractivity contribution in [2.24, 2.45) is 0 Å². The first kappa shape index (κ1) is 60.4. The molecule has 0 aliphatic heterocycles. The summed E-state index contributed by atoms with van der Waals surface area (Å²) >= 11 is 0. The van der Waals surface area contributed by atoms with Crippen LogP contribution in [0.4, 0.5) is 0 Å². The molecule has 0 unspecified atom stereocenters. The first-order chi connectivity index (χ1) is 42.3. The molecule has 0 atom stereocenters. The third-order valence-corrected chi connectivity index (χ3v) is 15.5. The summed E-state index contributed by atoms with van der Waals surface area (Å²) in [5, 5.41) is 0. The van der Waals surface area contributed by atoms with Crippen molar-refractivity contribution in [3.8, 4) is 55.6 Å². The van der Waals surface area contributed by atoms with Gasteiger partial charge >= 0.3 is 0 Å². The van der Waals surface area contributed by atoms with Crippen LogP contribution in [0.2, 0.25) is 0 Å². The Morgan fingerprint density at radius 1 is 0.233 bits per heavy atom. The maximum atomic E-state index is 6.67. The molecule has 0 radical (unpaired) electrons. The Morgan fingerprint density at radius 2 is 0.395 bits per heavy atom. The molecule has 26 rings (SSSR count). The SMILES string of the molecule is COCOC1=C=C=C(OCOC)c2ccc(cc2)-c2ccc(cc2)-c2ccc(cc2)C2(OCOC)CCC(OCOC)(CC2)c2ccc(cc2)-c2ccc(cc2)C(OCOC)=C=C=C(OCOC)c2ccc(cc2)-c2ccc(cc2)-c2ccc1cc2. The standard InChI is InChI=1S/C74H70O12/c1-75-47-81-69-39-40-70(82-48-76-2)65-27-19-59(20-28-65)55-11-13-56(14-12-55)61-31-35-67(36-32-61)73(85-51-79-5)43-45-74(46-44-73,86-52-80-6)68-37-33-62(34-38-68)60-21-29-66(30-22-60)72(84-50-78-4)42-41-71(83-49-77-3)64-25-17-58(18-26-64)54-9-7-53(8-10-54)57-15-23-63(69)24-16-57/h7-38H,43-52H2,1-6H3. The van der Waals surface area contributed by atoms with E-state index in [0.29, 0.717) is 48.7 Å². The first-order valence-electron chi connectivity index (χ1n) is 28.4. The lowest BCUT2D eigenvalue weighted by molar-refractivity contribution is -0.203. The fraction of sp³-hybridized carbons (Fsp3) is 0.243. The Balaban J connectivity index is 1.02. The van der Waals surface area contributed by atoms with E-state index in [0.717, 1.165) is 89.0 Å². The quantitative estimate of drug-likeness (QED) is 0.0602. The monoisotopic (exact) mass is 1150 g/mol. The van der Waals surface area contributed by atoms with Gasteiger partial charge in [0.15, 0.2) is 50.2 Å². The second-order valence-electron chi connectivity index (χ2n) is 20.7. The molecule has 12 nitrogen and oxygen atoms in total. The molecule has 0 spiro atoms. The van der Waals surface area contributed by atoms with Gasteiger partial charge in [-0.15, -0.1) is 0 Å².